The molecule has 4 N–H and O–H groups in total. The first kappa shape index (κ1) is 14.6. The van der Waals surface area contributed by atoms with Crippen molar-refractivity contribution in [3.05, 3.63) is 23.8 Å². The van der Waals surface area contributed by atoms with E-state index in [9.17, 15) is 0 Å². The van der Waals surface area contributed by atoms with E-state index in [0.29, 0.717) is 23.9 Å². The highest BCUT2D eigenvalue weighted by molar-refractivity contribution is 5.43. The van der Waals surface area contributed by atoms with Gasteiger partial charge in [-0.15, -0.1) is 0 Å². The molecule has 5 unspecified atom stereocenters. The predicted molar refractivity (Wildman–Crippen MR) is 82.5 cm³/mol. The Hall–Kier alpha value is -1.30. The van der Waals surface area contributed by atoms with Crippen LogP contribution in [-0.2, 0) is 0 Å². The average Bonchev–Trinajstić information content (AvgIpc) is 2.88. The zero-order valence-electron chi connectivity index (χ0n) is 12.9. The van der Waals surface area contributed by atoms with Crippen LogP contribution in [0.15, 0.2) is 18.2 Å². The van der Waals surface area contributed by atoms with Crippen molar-refractivity contribution < 1.29 is 9.47 Å². The number of ether oxygens (including phenoxy) is 2. The van der Waals surface area contributed by atoms with E-state index < -0.39 is 0 Å². The molecule has 1 aromatic rings. The molecule has 1 aliphatic carbocycles. The number of nitrogens with two attached hydrogens (primary N) is 1. The summed E-state index contributed by atoms with van der Waals surface area (Å²) in [6.07, 6.45) is 2.08. The van der Waals surface area contributed by atoms with E-state index >= 15 is 0 Å². The van der Waals surface area contributed by atoms with Crippen molar-refractivity contribution in [2.75, 3.05) is 14.2 Å². The van der Waals surface area contributed by atoms with Crippen LogP contribution in [0.1, 0.15) is 31.2 Å². The number of fused-ring (bicyclic) bond motifs is 1. The van der Waals surface area contributed by atoms with Crippen molar-refractivity contribution in [3.8, 4) is 11.5 Å². The molecule has 1 saturated carbocycles. The van der Waals surface area contributed by atoms with E-state index in [4.69, 9.17) is 15.2 Å². The molecular formula is C16H25N3O2. The Labute approximate surface area is 126 Å². The quantitative estimate of drug-likeness (QED) is 0.785. The number of hydrogen-bond acceptors (Lipinski definition) is 5. The molecule has 116 valence electrons. The van der Waals surface area contributed by atoms with Crippen LogP contribution < -0.4 is 26.1 Å². The van der Waals surface area contributed by atoms with Crippen LogP contribution in [0.2, 0.25) is 0 Å². The van der Waals surface area contributed by atoms with Crippen LogP contribution in [0.5, 0.6) is 11.5 Å². The molecule has 5 atom stereocenters. The molecule has 2 fully saturated rings. The fourth-order valence-corrected chi connectivity index (χ4v) is 3.96. The average molecular weight is 291 g/mol. The highest BCUT2D eigenvalue weighted by Gasteiger charge is 2.43. The first-order chi connectivity index (χ1) is 10.1. The Morgan fingerprint density at radius 2 is 1.95 bits per heavy atom. The zero-order valence-corrected chi connectivity index (χ0v) is 12.9. The maximum absolute atomic E-state index is 6.44. The smallest absolute Gasteiger partial charge is 0.126 e. The molecule has 1 heterocycles. The van der Waals surface area contributed by atoms with E-state index in [0.717, 1.165) is 24.3 Å². The van der Waals surface area contributed by atoms with Crippen LogP contribution in [0, 0.1) is 5.92 Å². The van der Waals surface area contributed by atoms with Crippen molar-refractivity contribution in [2.45, 2.75) is 43.8 Å². The van der Waals surface area contributed by atoms with Crippen molar-refractivity contribution in [1.82, 2.24) is 10.9 Å². The zero-order chi connectivity index (χ0) is 15.0. The second kappa shape index (κ2) is 5.83. The summed E-state index contributed by atoms with van der Waals surface area (Å²) in [5.74, 6) is 2.64. The molecule has 21 heavy (non-hydrogen) atoms. The van der Waals surface area contributed by atoms with Crippen molar-refractivity contribution >= 4 is 0 Å². The van der Waals surface area contributed by atoms with E-state index in [1.165, 1.54) is 5.56 Å². The second-order valence-corrected chi connectivity index (χ2v) is 6.20. The van der Waals surface area contributed by atoms with Gasteiger partial charge in [0.2, 0.25) is 0 Å². The van der Waals surface area contributed by atoms with Gasteiger partial charge >= 0.3 is 0 Å². The number of rotatable bonds is 3. The van der Waals surface area contributed by atoms with Crippen LogP contribution in [-0.4, -0.2) is 32.3 Å². The summed E-state index contributed by atoms with van der Waals surface area (Å²) in [5.41, 5.74) is 14.4. The number of benzene rings is 1. The van der Waals surface area contributed by atoms with E-state index in [1.54, 1.807) is 14.2 Å². The molecule has 0 aromatic heterocycles. The lowest BCUT2D eigenvalue weighted by atomic mass is 9.71. The summed E-state index contributed by atoms with van der Waals surface area (Å²) >= 11 is 0. The Balaban J connectivity index is 1.85. The standard InChI is InChI=1S/C16H25N3O2/c1-9-16-13(17)6-10(7-14(16)19-18-9)12-5-4-11(20-2)8-15(12)21-3/h4-5,8-10,13-14,16,18-19H,6-7,17H2,1-3H3. The maximum atomic E-state index is 6.44. The van der Waals surface area contributed by atoms with Gasteiger partial charge in [0, 0.05) is 30.1 Å². The minimum Gasteiger partial charge on any atom is -0.497 e. The monoisotopic (exact) mass is 291 g/mol. The molecule has 1 aliphatic heterocycles. The maximum Gasteiger partial charge on any atom is 0.126 e. The van der Waals surface area contributed by atoms with Gasteiger partial charge in [-0.25, -0.2) is 0 Å². The van der Waals surface area contributed by atoms with Gasteiger partial charge in [0.05, 0.1) is 14.2 Å². The molecule has 1 aromatic carbocycles. The molecule has 2 aliphatic rings. The Bertz CT molecular complexity index is 508. The fraction of sp³-hybridized carbons (Fsp3) is 0.625. The van der Waals surface area contributed by atoms with Gasteiger partial charge in [-0.2, -0.15) is 0 Å². The van der Waals surface area contributed by atoms with Gasteiger partial charge < -0.3 is 15.2 Å². The summed E-state index contributed by atoms with van der Waals surface area (Å²) in [5, 5.41) is 0. The van der Waals surface area contributed by atoms with Crippen LogP contribution in [0.3, 0.4) is 0 Å². The summed E-state index contributed by atoms with van der Waals surface area (Å²) in [7, 11) is 3.38. The molecule has 5 heteroatoms. The summed E-state index contributed by atoms with van der Waals surface area (Å²) in [4.78, 5) is 0. The van der Waals surface area contributed by atoms with Crippen molar-refractivity contribution in [1.29, 1.82) is 0 Å². The van der Waals surface area contributed by atoms with E-state index in [1.807, 2.05) is 12.1 Å². The molecule has 3 rings (SSSR count). The SMILES string of the molecule is COc1ccc(C2CC(N)C3C(C)NNC3C2)c(OC)c1. The minimum atomic E-state index is 0.207. The Kier molecular flexibility index (Phi) is 4.06. The lowest BCUT2D eigenvalue weighted by molar-refractivity contribution is 0.243. The van der Waals surface area contributed by atoms with Crippen LogP contribution >= 0.6 is 0 Å². The number of nitrogens with one attached hydrogen (secondary N) is 2. The second-order valence-electron chi connectivity index (χ2n) is 6.20. The van der Waals surface area contributed by atoms with Gasteiger partial charge in [0.15, 0.2) is 0 Å². The van der Waals surface area contributed by atoms with Gasteiger partial charge in [-0.1, -0.05) is 6.07 Å². The van der Waals surface area contributed by atoms with Gasteiger partial charge in [-0.05, 0) is 37.3 Å². The lowest BCUT2D eigenvalue weighted by Crippen LogP contribution is -2.47. The molecule has 0 bridgehead atoms. The third kappa shape index (κ3) is 2.61. The lowest BCUT2D eigenvalue weighted by Gasteiger charge is -2.37. The number of hydrazine groups is 1. The summed E-state index contributed by atoms with van der Waals surface area (Å²) < 4.78 is 10.8. The molecule has 5 nitrogen and oxygen atoms in total. The Morgan fingerprint density at radius 1 is 1.14 bits per heavy atom. The topological polar surface area (TPSA) is 68.5 Å². The molecular weight excluding hydrogens is 266 g/mol. The third-order valence-corrected chi connectivity index (χ3v) is 5.01. The summed E-state index contributed by atoms with van der Waals surface area (Å²) in [6, 6.07) is 7.14. The van der Waals surface area contributed by atoms with Gasteiger partial charge in [0.1, 0.15) is 11.5 Å². The normalized spacial score (nSPS) is 35.3. The largest absolute Gasteiger partial charge is 0.497 e. The molecule has 1 saturated heterocycles. The minimum absolute atomic E-state index is 0.207. The van der Waals surface area contributed by atoms with E-state index in [-0.39, 0.29) is 6.04 Å². The van der Waals surface area contributed by atoms with Crippen molar-refractivity contribution in [2.24, 2.45) is 11.7 Å². The summed E-state index contributed by atoms with van der Waals surface area (Å²) in [6.45, 7) is 2.20. The van der Waals surface area contributed by atoms with E-state index in [2.05, 4.69) is 23.8 Å². The van der Waals surface area contributed by atoms with Crippen LogP contribution in [0.4, 0.5) is 0 Å². The predicted octanol–water partition coefficient (Wildman–Crippen LogP) is 1.39. The van der Waals surface area contributed by atoms with Crippen LogP contribution in [0.25, 0.3) is 0 Å². The first-order valence-corrected chi connectivity index (χ1v) is 7.62. The van der Waals surface area contributed by atoms with Gasteiger partial charge in [0.25, 0.3) is 0 Å². The third-order valence-electron chi connectivity index (χ3n) is 5.01. The molecule has 0 spiro atoms. The number of hydrogen-bond donors (Lipinski definition) is 3. The molecule has 0 radical (unpaired) electrons. The highest BCUT2D eigenvalue weighted by atomic mass is 16.5. The first-order valence-electron chi connectivity index (χ1n) is 7.62. The van der Waals surface area contributed by atoms with Gasteiger partial charge in [-0.3, -0.25) is 10.9 Å². The fourth-order valence-electron chi connectivity index (χ4n) is 3.96. The Morgan fingerprint density at radius 3 is 2.67 bits per heavy atom. The number of methoxy groups -OCH3 is 2. The highest BCUT2D eigenvalue weighted by Crippen LogP contribution is 2.42. The molecule has 0 amide bonds. The van der Waals surface area contributed by atoms with Crippen molar-refractivity contribution in [3.63, 3.8) is 0 Å².